The second kappa shape index (κ2) is 7.05. The second-order valence-corrected chi connectivity index (χ2v) is 6.29. The predicted octanol–water partition coefficient (Wildman–Crippen LogP) is 5.00. The number of hydrogen-bond acceptors (Lipinski definition) is 2. The van der Waals surface area contributed by atoms with Crippen LogP contribution in [0.4, 0.5) is 11.4 Å². The highest BCUT2D eigenvalue weighted by molar-refractivity contribution is 6.30. The van der Waals surface area contributed by atoms with Crippen LogP contribution in [-0.2, 0) is 0 Å². The van der Waals surface area contributed by atoms with E-state index in [9.17, 15) is 0 Å². The van der Waals surface area contributed by atoms with Crippen LogP contribution in [0.5, 0.6) is 0 Å². The highest BCUT2D eigenvalue weighted by Gasteiger charge is 2.14. The summed E-state index contributed by atoms with van der Waals surface area (Å²) in [5, 5.41) is 9.07. The molecule has 0 aliphatic rings. The van der Waals surface area contributed by atoms with Gasteiger partial charge in [-0.3, -0.25) is 5.41 Å². The third-order valence-electron chi connectivity index (χ3n) is 4.21. The van der Waals surface area contributed by atoms with Gasteiger partial charge in [-0.15, -0.1) is 0 Å². The molecule has 0 heterocycles. The van der Waals surface area contributed by atoms with Crippen LogP contribution in [0.15, 0.2) is 36.4 Å². The average molecular weight is 330 g/mol. The molecule has 3 nitrogen and oxygen atoms in total. The van der Waals surface area contributed by atoms with Crippen LogP contribution < -0.4 is 4.90 Å². The van der Waals surface area contributed by atoms with E-state index in [0.717, 1.165) is 39.6 Å². The van der Waals surface area contributed by atoms with Crippen LogP contribution in [0.25, 0.3) is 0 Å². The molecular formula is C19H24ClN3. The monoisotopic (exact) mass is 329 g/mol. The summed E-state index contributed by atoms with van der Waals surface area (Å²) in [5.74, 6) is 0.560. The molecule has 0 saturated carbocycles. The Morgan fingerprint density at radius 3 is 2.39 bits per heavy atom. The van der Waals surface area contributed by atoms with Crippen molar-refractivity contribution in [1.82, 2.24) is 4.90 Å². The van der Waals surface area contributed by atoms with Crippen LogP contribution in [-0.4, -0.2) is 31.4 Å². The smallest absolute Gasteiger partial charge is 0.128 e. The van der Waals surface area contributed by atoms with Crippen molar-refractivity contribution in [3.63, 3.8) is 0 Å². The maximum Gasteiger partial charge on any atom is 0.128 e. The number of amidine groups is 1. The van der Waals surface area contributed by atoms with Crippen molar-refractivity contribution in [3.05, 3.63) is 58.1 Å². The molecular weight excluding hydrogens is 306 g/mol. The average Bonchev–Trinajstić information content (AvgIpc) is 2.54. The zero-order chi connectivity index (χ0) is 17.1. The number of aryl methyl sites for hydroxylation is 2. The fourth-order valence-electron chi connectivity index (χ4n) is 2.60. The summed E-state index contributed by atoms with van der Waals surface area (Å²) in [6, 6.07) is 12.1. The molecule has 0 radical (unpaired) electrons. The highest BCUT2D eigenvalue weighted by Crippen LogP contribution is 2.30. The molecule has 0 fully saturated rings. The van der Waals surface area contributed by atoms with Crippen molar-refractivity contribution in [2.45, 2.75) is 20.8 Å². The van der Waals surface area contributed by atoms with Gasteiger partial charge in [-0.1, -0.05) is 17.7 Å². The Labute approximate surface area is 144 Å². The number of anilines is 2. The van der Waals surface area contributed by atoms with Crippen molar-refractivity contribution in [1.29, 1.82) is 5.41 Å². The van der Waals surface area contributed by atoms with Crippen LogP contribution in [0.3, 0.4) is 0 Å². The molecule has 4 heteroatoms. The molecule has 2 aromatic carbocycles. The molecule has 0 amide bonds. The molecule has 2 aromatic rings. The molecule has 0 unspecified atom stereocenters. The first-order valence-electron chi connectivity index (χ1n) is 7.75. The molecule has 2 rings (SSSR count). The van der Waals surface area contributed by atoms with Gasteiger partial charge < -0.3 is 9.80 Å². The maximum atomic E-state index is 8.34. The SMILES string of the molecule is CCN(C)C(=N)c1cc(C)c(N(C)c2cccc(Cl)c2)cc1C. The van der Waals surface area contributed by atoms with E-state index >= 15 is 0 Å². The van der Waals surface area contributed by atoms with Crippen molar-refractivity contribution < 1.29 is 0 Å². The highest BCUT2D eigenvalue weighted by atomic mass is 35.5. The first-order valence-corrected chi connectivity index (χ1v) is 8.13. The third-order valence-corrected chi connectivity index (χ3v) is 4.45. The Kier molecular flexibility index (Phi) is 5.32. The van der Waals surface area contributed by atoms with E-state index in [1.54, 1.807) is 0 Å². The van der Waals surface area contributed by atoms with Crippen LogP contribution >= 0.6 is 11.6 Å². The van der Waals surface area contributed by atoms with E-state index in [1.807, 2.05) is 43.3 Å². The quantitative estimate of drug-likeness (QED) is 0.632. The minimum absolute atomic E-state index is 0.560. The van der Waals surface area contributed by atoms with Crippen molar-refractivity contribution in [2.24, 2.45) is 0 Å². The van der Waals surface area contributed by atoms with Crippen LogP contribution in [0.2, 0.25) is 5.02 Å². The number of rotatable bonds is 4. The Balaban J connectivity index is 2.42. The summed E-state index contributed by atoms with van der Waals surface area (Å²) < 4.78 is 0. The molecule has 0 atom stereocenters. The van der Waals surface area contributed by atoms with E-state index < -0.39 is 0 Å². The summed E-state index contributed by atoms with van der Waals surface area (Å²) in [5.41, 5.74) is 5.40. The number of nitrogens with zero attached hydrogens (tertiary/aromatic N) is 2. The molecule has 0 spiro atoms. The lowest BCUT2D eigenvalue weighted by Gasteiger charge is -2.25. The van der Waals surface area contributed by atoms with E-state index in [4.69, 9.17) is 17.0 Å². The van der Waals surface area contributed by atoms with E-state index in [2.05, 4.69) is 37.8 Å². The maximum absolute atomic E-state index is 8.34. The van der Waals surface area contributed by atoms with E-state index in [1.165, 1.54) is 0 Å². The van der Waals surface area contributed by atoms with Gasteiger partial charge in [0.05, 0.1) is 0 Å². The summed E-state index contributed by atoms with van der Waals surface area (Å²) in [7, 11) is 3.99. The summed E-state index contributed by atoms with van der Waals surface area (Å²) in [6.45, 7) is 7.01. The first-order chi connectivity index (χ1) is 10.8. The van der Waals surface area contributed by atoms with Gasteiger partial charge in [-0.05, 0) is 62.2 Å². The molecule has 23 heavy (non-hydrogen) atoms. The number of benzene rings is 2. The van der Waals surface area contributed by atoms with Gasteiger partial charge >= 0.3 is 0 Å². The first kappa shape index (κ1) is 17.4. The lowest BCUT2D eigenvalue weighted by atomic mass is 10.0. The lowest BCUT2D eigenvalue weighted by molar-refractivity contribution is 0.532. The molecule has 0 aliphatic heterocycles. The summed E-state index contributed by atoms with van der Waals surface area (Å²) >= 11 is 6.10. The topological polar surface area (TPSA) is 30.3 Å². The van der Waals surface area contributed by atoms with Crippen molar-refractivity contribution in [3.8, 4) is 0 Å². The molecule has 0 aliphatic carbocycles. The Morgan fingerprint density at radius 1 is 1.09 bits per heavy atom. The van der Waals surface area contributed by atoms with Gasteiger partial charge in [-0.25, -0.2) is 0 Å². The Bertz CT molecular complexity index is 725. The summed E-state index contributed by atoms with van der Waals surface area (Å²) in [6.07, 6.45) is 0. The Hall–Kier alpha value is -2.00. The third kappa shape index (κ3) is 3.67. The lowest BCUT2D eigenvalue weighted by Crippen LogP contribution is -2.27. The van der Waals surface area contributed by atoms with Gasteiger partial charge in [-0.2, -0.15) is 0 Å². The van der Waals surface area contributed by atoms with Crippen LogP contribution in [0.1, 0.15) is 23.6 Å². The molecule has 1 N–H and O–H groups in total. The zero-order valence-electron chi connectivity index (χ0n) is 14.4. The standard InChI is InChI=1S/C19H24ClN3/c1-6-22(4)19(21)17-10-14(3)18(11-13(17)2)23(5)16-9-7-8-15(20)12-16/h7-12,21H,6H2,1-5H3. The molecule has 0 saturated heterocycles. The van der Waals surface area contributed by atoms with E-state index in [0.29, 0.717) is 5.84 Å². The summed E-state index contributed by atoms with van der Waals surface area (Å²) in [4.78, 5) is 4.08. The zero-order valence-corrected chi connectivity index (χ0v) is 15.2. The van der Waals surface area contributed by atoms with Gasteiger partial charge in [0.1, 0.15) is 5.84 Å². The molecule has 122 valence electrons. The largest absolute Gasteiger partial charge is 0.360 e. The Morgan fingerprint density at radius 2 is 1.78 bits per heavy atom. The second-order valence-electron chi connectivity index (χ2n) is 5.86. The van der Waals surface area contributed by atoms with Crippen molar-refractivity contribution >= 4 is 28.8 Å². The fraction of sp³-hybridized carbons (Fsp3) is 0.316. The van der Waals surface area contributed by atoms with Crippen LogP contribution in [0, 0.1) is 19.3 Å². The fourth-order valence-corrected chi connectivity index (χ4v) is 2.79. The predicted molar refractivity (Wildman–Crippen MR) is 101 cm³/mol. The van der Waals surface area contributed by atoms with Gasteiger partial charge in [0.15, 0.2) is 0 Å². The van der Waals surface area contributed by atoms with Gasteiger partial charge in [0.2, 0.25) is 0 Å². The van der Waals surface area contributed by atoms with Crippen molar-refractivity contribution in [2.75, 3.05) is 25.5 Å². The number of halogens is 1. The number of nitrogens with one attached hydrogen (secondary N) is 1. The minimum atomic E-state index is 0.560. The minimum Gasteiger partial charge on any atom is -0.360 e. The van der Waals surface area contributed by atoms with Gasteiger partial charge in [0, 0.05) is 42.6 Å². The normalized spacial score (nSPS) is 10.5. The molecule has 0 aromatic heterocycles. The number of hydrogen-bond donors (Lipinski definition) is 1. The van der Waals surface area contributed by atoms with E-state index in [-0.39, 0.29) is 0 Å². The molecule has 0 bridgehead atoms. The van der Waals surface area contributed by atoms with Gasteiger partial charge in [0.25, 0.3) is 0 Å².